The molecule has 2 atom stereocenters. The number of piperidine rings is 1. The van der Waals surface area contributed by atoms with Gasteiger partial charge in [0.15, 0.2) is 12.4 Å². The van der Waals surface area contributed by atoms with Crippen LogP contribution in [-0.4, -0.2) is 99.6 Å². The number of hydrogen-bond acceptors (Lipinski definition) is 8. The molecule has 3 N–H and O–H groups in total. The molecule has 4 amide bonds. The van der Waals surface area contributed by atoms with Crippen molar-refractivity contribution in [3.8, 4) is 5.75 Å². The average molecular weight is 732 g/mol. The molecule has 14 heteroatoms. The number of amides is 4. The Hall–Kier alpha value is -5.04. The highest BCUT2D eigenvalue weighted by Gasteiger charge is 2.36. The van der Waals surface area contributed by atoms with Crippen molar-refractivity contribution in [2.45, 2.75) is 75.9 Å². The van der Waals surface area contributed by atoms with Gasteiger partial charge >= 0.3 is 5.97 Å². The third kappa shape index (κ3) is 8.70. The summed E-state index contributed by atoms with van der Waals surface area (Å²) in [6, 6.07) is 13.5. The van der Waals surface area contributed by atoms with E-state index in [4.69, 9.17) is 16.3 Å². The first-order valence-electron chi connectivity index (χ1n) is 17.8. The van der Waals surface area contributed by atoms with Crippen LogP contribution in [0.3, 0.4) is 0 Å². The molecule has 1 aromatic heterocycles. The maximum Gasteiger partial charge on any atom is 0.303 e. The zero-order valence-electron chi connectivity index (χ0n) is 28.7. The first kappa shape index (κ1) is 36.7. The number of aliphatic carboxylic acids is 1. The minimum absolute atomic E-state index is 0.0536. The molecular formula is C38H42ClN5O8. The van der Waals surface area contributed by atoms with E-state index < -0.39 is 29.9 Å². The van der Waals surface area contributed by atoms with Gasteiger partial charge in [0.05, 0.1) is 5.52 Å². The fourth-order valence-electron chi connectivity index (χ4n) is 7.01. The van der Waals surface area contributed by atoms with Crippen molar-refractivity contribution in [3.63, 3.8) is 0 Å². The van der Waals surface area contributed by atoms with E-state index in [1.807, 2.05) is 0 Å². The number of aromatic nitrogens is 1. The standard InChI is InChI=1S/C38H42ClN5O8/c39-25-7-3-6-24(20-25)35(48)23-15-18-43(19-16-23)38(51)29(13-14-34(46)47)42-36(49)30-21-32(27-10-1-2-11-28(27)41-30)52-22-33(45)44-17-5-12-31(44)37(50)40-26-8-4-9-26/h1-3,6-7,10-11,20-21,23,26,29,31H,4-5,8-9,12-19,22H2,(H,40,50)(H,42,49)(H,46,47). The second-order valence-corrected chi connectivity index (χ2v) is 14.1. The Morgan fingerprint density at radius 3 is 2.40 bits per heavy atom. The number of fused-ring (bicyclic) bond motifs is 1. The van der Waals surface area contributed by atoms with Crippen molar-refractivity contribution in [3.05, 3.63) is 70.9 Å². The number of ether oxygens (including phenoxy) is 1. The Kier molecular flexibility index (Phi) is 11.7. The highest BCUT2D eigenvalue weighted by molar-refractivity contribution is 6.31. The van der Waals surface area contributed by atoms with Gasteiger partial charge in [-0.3, -0.25) is 28.8 Å². The number of ketones is 1. The minimum atomic E-state index is -1.17. The number of carbonyl (C=O) groups excluding carboxylic acids is 5. The van der Waals surface area contributed by atoms with Gasteiger partial charge < -0.3 is 30.3 Å². The van der Waals surface area contributed by atoms with Crippen molar-refractivity contribution < 1.29 is 38.6 Å². The molecule has 1 aliphatic carbocycles. The zero-order valence-corrected chi connectivity index (χ0v) is 29.5. The van der Waals surface area contributed by atoms with Gasteiger partial charge in [-0.25, -0.2) is 4.98 Å². The summed E-state index contributed by atoms with van der Waals surface area (Å²) in [5.41, 5.74) is 0.835. The fraction of sp³-hybridized carbons (Fsp3) is 0.447. The van der Waals surface area contributed by atoms with E-state index in [9.17, 15) is 33.9 Å². The number of nitrogens with zero attached hydrogens (tertiary/aromatic N) is 3. The zero-order chi connectivity index (χ0) is 36.8. The van der Waals surface area contributed by atoms with Gasteiger partial charge in [-0.2, -0.15) is 0 Å². The van der Waals surface area contributed by atoms with Crippen molar-refractivity contribution in [1.29, 1.82) is 0 Å². The first-order valence-corrected chi connectivity index (χ1v) is 18.2. The van der Waals surface area contributed by atoms with Crippen LogP contribution < -0.4 is 15.4 Å². The average Bonchev–Trinajstić information content (AvgIpc) is 3.63. The van der Waals surface area contributed by atoms with Crippen LogP contribution in [0, 0.1) is 5.92 Å². The molecule has 0 bridgehead atoms. The second-order valence-electron chi connectivity index (χ2n) is 13.6. The maximum atomic E-state index is 13.7. The quantitative estimate of drug-likeness (QED) is 0.220. The topological polar surface area (TPSA) is 175 Å². The summed E-state index contributed by atoms with van der Waals surface area (Å²) in [6.45, 7) is 0.598. The lowest BCUT2D eigenvalue weighted by Crippen LogP contribution is -2.51. The lowest BCUT2D eigenvalue weighted by atomic mass is 9.88. The molecule has 2 aromatic carbocycles. The van der Waals surface area contributed by atoms with Gasteiger partial charge in [0.2, 0.25) is 11.8 Å². The molecule has 1 saturated carbocycles. The lowest BCUT2D eigenvalue weighted by Gasteiger charge is -2.34. The molecule has 2 saturated heterocycles. The van der Waals surface area contributed by atoms with E-state index in [-0.39, 0.29) is 73.5 Å². The van der Waals surface area contributed by atoms with Crippen molar-refractivity contribution in [1.82, 2.24) is 25.4 Å². The first-order chi connectivity index (χ1) is 25.1. The van der Waals surface area contributed by atoms with Gasteiger partial charge in [0, 0.05) is 60.1 Å². The third-order valence-electron chi connectivity index (χ3n) is 10.1. The predicted octanol–water partition coefficient (Wildman–Crippen LogP) is 4.01. The van der Waals surface area contributed by atoms with E-state index in [0.29, 0.717) is 53.7 Å². The Morgan fingerprint density at radius 1 is 0.923 bits per heavy atom. The number of carboxylic acid groups (broad SMARTS) is 1. The number of benzene rings is 2. The molecule has 3 fully saturated rings. The van der Waals surface area contributed by atoms with Gasteiger partial charge in [-0.1, -0.05) is 35.9 Å². The summed E-state index contributed by atoms with van der Waals surface area (Å²) in [4.78, 5) is 85.7. The summed E-state index contributed by atoms with van der Waals surface area (Å²) in [5, 5.41) is 16.1. The summed E-state index contributed by atoms with van der Waals surface area (Å²) in [6.07, 6.45) is 4.56. The van der Waals surface area contributed by atoms with Crippen LogP contribution in [0.5, 0.6) is 5.75 Å². The van der Waals surface area contributed by atoms with E-state index in [2.05, 4.69) is 15.6 Å². The highest BCUT2D eigenvalue weighted by Crippen LogP contribution is 2.28. The molecule has 3 aliphatic rings. The molecule has 0 spiro atoms. The van der Waals surface area contributed by atoms with Crippen LogP contribution in [0.15, 0.2) is 54.6 Å². The molecule has 0 radical (unpaired) electrons. The summed E-state index contributed by atoms with van der Waals surface area (Å²) in [5.74, 6) is -2.93. The third-order valence-corrected chi connectivity index (χ3v) is 10.4. The Labute approximate surface area is 306 Å². The molecule has 3 heterocycles. The number of Topliss-reactive ketones (excluding diaryl/α,β-unsaturated/α-hetero) is 1. The lowest BCUT2D eigenvalue weighted by molar-refractivity contribution is -0.140. The van der Waals surface area contributed by atoms with E-state index >= 15 is 0 Å². The van der Waals surface area contributed by atoms with Crippen LogP contribution in [0.2, 0.25) is 5.02 Å². The van der Waals surface area contributed by atoms with Gasteiger partial charge in [0.1, 0.15) is 23.5 Å². The summed E-state index contributed by atoms with van der Waals surface area (Å²) in [7, 11) is 0. The summed E-state index contributed by atoms with van der Waals surface area (Å²) < 4.78 is 5.99. The van der Waals surface area contributed by atoms with Crippen LogP contribution in [0.4, 0.5) is 0 Å². The second kappa shape index (κ2) is 16.5. The largest absolute Gasteiger partial charge is 0.483 e. The number of carbonyl (C=O) groups is 6. The maximum absolute atomic E-state index is 13.7. The number of pyridine rings is 1. The molecule has 274 valence electrons. The predicted molar refractivity (Wildman–Crippen MR) is 191 cm³/mol. The van der Waals surface area contributed by atoms with E-state index in [0.717, 1.165) is 19.3 Å². The van der Waals surface area contributed by atoms with Gasteiger partial charge in [-0.15, -0.1) is 0 Å². The number of likely N-dealkylation sites (tertiary alicyclic amines) is 2. The number of nitrogens with one attached hydrogen (secondary N) is 2. The molecule has 2 unspecified atom stereocenters. The van der Waals surface area contributed by atoms with Crippen LogP contribution in [0.25, 0.3) is 10.9 Å². The van der Waals surface area contributed by atoms with Crippen LogP contribution in [-0.2, 0) is 19.2 Å². The van der Waals surface area contributed by atoms with Crippen molar-refractivity contribution in [2.75, 3.05) is 26.2 Å². The molecule has 3 aromatic rings. The van der Waals surface area contributed by atoms with Crippen LogP contribution in [0.1, 0.15) is 78.6 Å². The minimum Gasteiger partial charge on any atom is -0.483 e. The molecule has 13 nitrogen and oxygen atoms in total. The number of hydrogen-bond donors (Lipinski definition) is 3. The molecular weight excluding hydrogens is 690 g/mol. The fourth-order valence-corrected chi connectivity index (χ4v) is 7.20. The van der Waals surface area contributed by atoms with Gasteiger partial charge in [-0.05, 0) is 75.6 Å². The monoisotopic (exact) mass is 731 g/mol. The van der Waals surface area contributed by atoms with Crippen molar-refractivity contribution >= 4 is 57.9 Å². The number of para-hydroxylation sites is 1. The normalized spacial score (nSPS) is 18.4. The SMILES string of the molecule is O=C(O)CCC(NC(=O)c1cc(OCC(=O)N2CCCC2C(=O)NC2CCC2)c2ccccc2n1)C(=O)N1CCC(C(=O)c2cccc(Cl)c2)CC1. The molecule has 2 aliphatic heterocycles. The Balaban J connectivity index is 1.12. The smallest absolute Gasteiger partial charge is 0.303 e. The number of rotatable bonds is 13. The van der Waals surface area contributed by atoms with E-state index in [1.165, 1.54) is 6.07 Å². The van der Waals surface area contributed by atoms with Gasteiger partial charge in [0.25, 0.3) is 11.8 Å². The highest BCUT2D eigenvalue weighted by atomic mass is 35.5. The van der Waals surface area contributed by atoms with E-state index in [1.54, 1.807) is 58.3 Å². The number of carboxylic acids is 1. The molecule has 52 heavy (non-hydrogen) atoms. The summed E-state index contributed by atoms with van der Waals surface area (Å²) >= 11 is 6.07. The Morgan fingerprint density at radius 2 is 1.69 bits per heavy atom. The Bertz CT molecular complexity index is 1860. The molecule has 6 rings (SSSR count). The van der Waals surface area contributed by atoms with Crippen LogP contribution >= 0.6 is 11.6 Å². The van der Waals surface area contributed by atoms with Crippen molar-refractivity contribution in [2.24, 2.45) is 5.92 Å². The number of halogens is 1.